The van der Waals surface area contributed by atoms with Gasteiger partial charge in [-0.25, -0.2) is 14.8 Å². The first-order valence-corrected chi connectivity index (χ1v) is 9.75. The van der Waals surface area contributed by atoms with E-state index in [0.29, 0.717) is 24.4 Å². The molecule has 2 atom stereocenters. The number of piperidine rings is 1. The van der Waals surface area contributed by atoms with E-state index in [1.165, 1.54) is 0 Å². The Labute approximate surface area is 163 Å². The van der Waals surface area contributed by atoms with Crippen LogP contribution in [0.15, 0.2) is 35.5 Å². The maximum absolute atomic E-state index is 12.6. The van der Waals surface area contributed by atoms with Crippen LogP contribution < -0.4 is 10.4 Å². The van der Waals surface area contributed by atoms with Crippen molar-refractivity contribution in [3.63, 3.8) is 0 Å². The minimum Gasteiger partial charge on any atom is -0.444 e. The maximum atomic E-state index is 12.6. The number of rotatable bonds is 1. The van der Waals surface area contributed by atoms with Crippen molar-refractivity contribution >= 4 is 28.0 Å². The van der Waals surface area contributed by atoms with E-state index in [9.17, 15) is 9.59 Å². The molecule has 3 aromatic heterocycles. The summed E-state index contributed by atoms with van der Waals surface area (Å²) in [6, 6.07) is 3.64. The summed E-state index contributed by atoms with van der Waals surface area (Å²) in [5, 5.41) is 1.62. The van der Waals surface area contributed by atoms with Crippen LogP contribution in [0.2, 0.25) is 0 Å². The molecule has 2 unspecified atom stereocenters. The Morgan fingerprint density at radius 2 is 2.07 bits per heavy atom. The second kappa shape index (κ2) is 6.65. The number of ether oxygens (including phenoxy) is 1. The Morgan fingerprint density at radius 3 is 2.82 bits per heavy atom. The number of pyridine rings is 2. The van der Waals surface area contributed by atoms with Crippen molar-refractivity contribution < 1.29 is 14.5 Å². The number of aromatic amines is 2. The molecule has 1 aliphatic rings. The van der Waals surface area contributed by atoms with E-state index in [1.807, 2.05) is 39.2 Å². The molecule has 28 heavy (non-hydrogen) atoms. The number of likely N-dealkylation sites (tertiary alicyclic amines) is 1. The highest BCUT2D eigenvalue weighted by Gasteiger charge is 2.33. The Kier molecular flexibility index (Phi) is 4.40. The molecule has 7 nitrogen and oxygen atoms in total. The summed E-state index contributed by atoms with van der Waals surface area (Å²) in [7, 11) is 0. The number of aromatic nitrogens is 3. The van der Waals surface area contributed by atoms with Gasteiger partial charge >= 0.3 is 6.09 Å². The molecule has 0 spiro atoms. The predicted molar refractivity (Wildman–Crippen MR) is 107 cm³/mol. The van der Waals surface area contributed by atoms with Crippen molar-refractivity contribution in [2.45, 2.75) is 45.8 Å². The Hall–Kier alpha value is -2.83. The number of fused-ring (bicyclic) bond motifs is 3. The van der Waals surface area contributed by atoms with Crippen molar-refractivity contribution in [2.24, 2.45) is 5.92 Å². The number of carbonyl (C=O) groups excluding carboxylic acids is 1. The van der Waals surface area contributed by atoms with Crippen LogP contribution in [0.4, 0.5) is 4.79 Å². The zero-order valence-corrected chi connectivity index (χ0v) is 16.8. The number of carbonyl (C=O) groups is 1. The minimum atomic E-state index is -0.521. The molecule has 0 bridgehead atoms. The fourth-order valence-corrected chi connectivity index (χ4v) is 4.00. The maximum Gasteiger partial charge on any atom is 0.410 e. The van der Waals surface area contributed by atoms with Gasteiger partial charge in [-0.15, -0.1) is 0 Å². The van der Waals surface area contributed by atoms with Crippen LogP contribution in [0.25, 0.3) is 21.9 Å². The summed E-state index contributed by atoms with van der Waals surface area (Å²) in [6.07, 6.45) is 6.07. The second-order valence-corrected chi connectivity index (χ2v) is 8.66. The molecule has 1 amide bonds. The van der Waals surface area contributed by atoms with E-state index in [2.05, 4.69) is 21.5 Å². The van der Waals surface area contributed by atoms with Crippen molar-refractivity contribution in [1.29, 1.82) is 0 Å². The lowest BCUT2D eigenvalue weighted by Crippen LogP contribution is -2.46. The Bertz CT molecular complexity index is 1090. The van der Waals surface area contributed by atoms with Crippen LogP contribution in [-0.2, 0) is 4.74 Å². The molecule has 1 saturated heterocycles. The van der Waals surface area contributed by atoms with Crippen LogP contribution >= 0.6 is 0 Å². The van der Waals surface area contributed by atoms with Crippen LogP contribution in [-0.4, -0.2) is 39.2 Å². The van der Waals surface area contributed by atoms with Gasteiger partial charge in [0.25, 0.3) is 5.65 Å². The lowest BCUT2D eigenvalue weighted by Gasteiger charge is -2.39. The predicted octanol–water partition coefficient (Wildman–Crippen LogP) is 3.11. The van der Waals surface area contributed by atoms with Gasteiger partial charge in [-0.2, -0.15) is 0 Å². The molecule has 0 saturated carbocycles. The molecule has 148 valence electrons. The van der Waals surface area contributed by atoms with Gasteiger partial charge in [-0.3, -0.25) is 4.79 Å². The molecule has 0 aliphatic carbocycles. The summed E-state index contributed by atoms with van der Waals surface area (Å²) in [4.78, 5) is 33.2. The quantitative estimate of drug-likeness (QED) is 0.701. The Balaban J connectivity index is 1.78. The van der Waals surface area contributed by atoms with E-state index in [1.54, 1.807) is 17.2 Å². The summed E-state index contributed by atoms with van der Waals surface area (Å²) in [5.74, 6) is 0.363. The third-order valence-corrected chi connectivity index (χ3v) is 5.46. The van der Waals surface area contributed by atoms with Crippen LogP contribution in [0.3, 0.4) is 0 Å². The SMILES string of the molecule is CC1CCN(C(=O)OC(C)(C)C)CC1n1ccc(=O)c2c[nH+]c3[nH]ccc3c21. The largest absolute Gasteiger partial charge is 0.444 e. The average molecular weight is 383 g/mol. The van der Waals surface area contributed by atoms with Crippen molar-refractivity contribution in [3.05, 3.63) is 40.9 Å². The number of nitrogens with zero attached hydrogens (tertiary/aromatic N) is 2. The number of H-pyrrole nitrogens is 2. The summed E-state index contributed by atoms with van der Waals surface area (Å²) < 4.78 is 7.73. The second-order valence-electron chi connectivity index (χ2n) is 8.66. The zero-order chi connectivity index (χ0) is 20.1. The van der Waals surface area contributed by atoms with E-state index in [-0.39, 0.29) is 17.6 Å². The van der Waals surface area contributed by atoms with Crippen LogP contribution in [0, 0.1) is 5.92 Å². The molecular weight excluding hydrogens is 356 g/mol. The van der Waals surface area contributed by atoms with E-state index >= 15 is 0 Å². The minimum absolute atomic E-state index is 0.0157. The summed E-state index contributed by atoms with van der Waals surface area (Å²) in [5.41, 5.74) is 1.23. The van der Waals surface area contributed by atoms with Gasteiger partial charge in [-0.1, -0.05) is 6.92 Å². The molecule has 2 N–H and O–H groups in total. The molecule has 1 fully saturated rings. The molecular formula is C21H27N4O3+. The normalized spacial score (nSPS) is 20.6. The van der Waals surface area contributed by atoms with Gasteiger partial charge in [0.1, 0.15) is 11.8 Å². The molecule has 4 heterocycles. The first-order valence-electron chi connectivity index (χ1n) is 9.75. The van der Waals surface area contributed by atoms with E-state index < -0.39 is 5.60 Å². The van der Waals surface area contributed by atoms with Gasteiger partial charge in [0.15, 0.2) is 5.43 Å². The van der Waals surface area contributed by atoms with E-state index in [4.69, 9.17) is 4.74 Å². The number of hydrogen-bond donors (Lipinski definition) is 1. The van der Waals surface area contributed by atoms with Crippen molar-refractivity contribution in [1.82, 2.24) is 14.5 Å². The summed E-state index contributed by atoms with van der Waals surface area (Å²) in [6.45, 7) is 9.07. The Morgan fingerprint density at radius 1 is 1.29 bits per heavy atom. The van der Waals surface area contributed by atoms with Crippen LogP contribution in [0.1, 0.15) is 40.2 Å². The first-order chi connectivity index (χ1) is 13.2. The monoisotopic (exact) mass is 383 g/mol. The third kappa shape index (κ3) is 3.25. The number of nitrogens with one attached hydrogen (secondary N) is 2. The van der Waals surface area contributed by atoms with Crippen LogP contribution in [0.5, 0.6) is 0 Å². The highest BCUT2D eigenvalue weighted by molar-refractivity contribution is 6.00. The molecule has 3 aromatic rings. The lowest BCUT2D eigenvalue weighted by atomic mass is 9.92. The van der Waals surface area contributed by atoms with Gasteiger partial charge in [0.2, 0.25) is 0 Å². The van der Waals surface area contributed by atoms with Crippen molar-refractivity contribution in [3.8, 4) is 0 Å². The highest BCUT2D eigenvalue weighted by Crippen LogP contribution is 2.32. The number of hydrogen-bond acceptors (Lipinski definition) is 3. The molecule has 0 aromatic carbocycles. The zero-order valence-electron chi connectivity index (χ0n) is 16.8. The smallest absolute Gasteiger partial charge is 0.410 e. The number of amides is 1. The fraction of sp³-hybridized carbons (Fsp3) is 0.476. The standard InChI is InChI=1S/C21H26N4O3/c1-13-6-9-24(20(27)28-21(2,3)4)12-16(13)25-10-7-17(26)15-11-23-19-14(18(15)25)5-8-22-19/h5,7-8,10-11,13,16H,6,9,12H2,1-4H3,(H,22,23)/p+1. The van der Waals surface area contributed by atoms with Gasteiger partial charge in [0, 0.05) is 25.4 Å². The van der Waals surface area contributed by atoms with Crippen molar-refractivity contribution in [2.75, 3.05) is 13.1 Å². The van der Waals surface area contributed by atoms with Gasteiger partial charge in [-0.05, 0) is 39.2 Å². The molecule has 1 aliphatic heterocycles. The highest BCUT2D eigenvalue weighted by atomic mass is 16.6. The lowest BCUT2D eigenvalue weighted by molar-refractivity contribution is -0.345. The third-order valence-electron chi connectivity index (χ3n) is 5.46. The molecule has 7 heteroatoms. The molecule has 0 radical (unpaired) electrons. The first kappa shape index (κ1) is 18.5. The molecule has 4 rings (SSSR count). The fourth-order valence-electron chi connectivity index (χ4n) is 4.00. The topological polar surface area (TPSA) is 81.5 Å². The van der Waals surface area contributed by atoms with Gasteiger partial charge < -0.3 is 14.2 Å². The van der Waals surface area contributed by atoms with Gasteiger partial charge in [0.05, 0.1) is 28.5 Å². The summed E-state index contributed by atoms with van der Waals surface area (Å²) >= 11 is 0. The average Bonchev–Trinajstić information content (AvgIpc) is 3.10. The van der Waals surface area contributed by atoms with E-state index in [0.717, 1.165) is 23.0 Å².